The van der Waals surface area contributed by atoms with Crippen LogP contribution in [0.2, 0.25) is 5.02 Å². The van der Waals surface area contributed by atoms with Gasteiger partial charge in [0.1, 0.15) is 5.75 Å². The van der Waals surface area contributed by atoms with Crippen molar-refractivity contribution in [1.82, 2.24) is 25.5 Å². The number of benzene rings is 1. The lowest BCUT2D eigenvalue weighted by Crippen LogP contribution is -2.42. The molecule has 3 fully saturated rings. The summed E-state index contributed by atoms with van der Waals surface area (Å²) in [6, 6.07) is 5.40. The number of ether oxygens (including phenoxy) is 1. The first-order valence-corrected chi connectivity index (χ1v) is 14.6. The van der Waals surface area contributed by atoms with Gasteiger partial charge in [-0.15, -0.1) is 0 Å². The van der Waals surface area contributed by atoms with E-state index in [0.717, 1.165) is 82.0 Å². The molecule has 0 unspecified atom stereocenters. The Hall–Kier alpha value is -2.91. The second-order valence-electron chi connectivity index (χ2n) is 11.0. The van der Waals surface area contributed by atoms with Crippen LogP contribution in [0.3, 0.4) is 0 Å². The number of hydrogen-bond donors (Lipinski definition) is 2. The van der Waals surface area contributed by atoms with E-state index in [1.807, 2.05) is 30.0 Å². The summed E-state index contributed by atoms with van der Waals surface area (Å²) >= 11 is 5.89. The highest BCUT2D eigenvalue weighted by molar-refractivity contribution is 6.30. The number of nitrogens with one attached hydrogen (secondary N) is 2. The maximum absolute atomic E-state index is 12.9. The molecule has 0 spiro atoms. The third-order valence-electron chi connectivity index (χ3n) is 8.15. The molecule has 3 saturated heterocycles. The number of aromatic nitrogens is 2. The van der Waals surface area contributed by atoms with Crippen molar-refractivity contribution in [2.75, 3.05) is 44.2 Å². The van der Waals surface area contributed by atoms with Gasteiger partial charge in [0.25, 0.3) is 5.91 Å². The average molecular weight is 555 g/mol. The van der Waals surface area contributed by atoms with Gasteiger partial charge in [-0.05, 0) is 81.5 Å². The second-order valence-corrected chi connectivity index (χ2v) is 11.4. The maximum Gasteiger partial charge on any atom is 0.251 e. The quantitative estimate of drug-likeness (QED) is 0.457. The molecule has 0 radical (unpaired) electrons. The number of piperidine rings is 1. The highest BCUT2D eigenvalue weighted by atomic mass is 35.5. The van der Waals surface area contributed by atoms with E-state index < -0.39 is 0 Å². The second kappa shape index (κ2) is 13.0. The molecule has 1 aromatic heterocycles. The molecule has 2 aromatic rings. The van der Waals surface area contributed by atoms with E-state index in [9.17, 15) is 9.59 Å². The molecule has 2 N–H and O–H groups in total. The van der Waals surface area contributed by atoms with Crippen molar-refractivity contribution < 1.29 is 14.3 Å². The van der Waals surface area contributed by atoms with E-state index in [-0.39, 0.29) is 23.9 Å². The summed E-state index contributed by atoms with van der Waals surface area (Å²) in [7, 11) is 0. The van der Waals surface area contributed by atoms with Gasteiger partial charge in [0.2, 0.25) is 11.9 Å². The van der Waals surface area contributed by atoms with Gasteiger partial charge in [-0.2, -0.15) is 0 Å². The molecule has 0 saturated carbocycles. The first-order chi connectivity index (χ1) is 19.0. The molecular formula is C29H39ClN6O3. The fourth-order valence-corrected chi connectivity index (χ4v) is 5.99. The zero-order valence-corrected chi connectivity index (χ0v) is 23.5. The predicted molar refractivity (Wildman–Crippen MR) is 151 cm³/mol. The van der Waals surface area contributed by atoms with Gasteiger partial charge in [0, 0.05) is 44.3 Å². The third-order valence-corrected chi connectivity index (χ3v) is 8.35. The molecule has 9 nitrogen and oxygen atoms in total. The standard InChI is InChI=1S/C29H39ClN6O3/c1-20-15-24(39-14-4-5-21-8-12-36(13-9-21)29-32-17-22(30)18-33-29)6-7-25(20)27(37)34-23-16-26(31-19-23)28(38)35-10-2-3-11-35/h6-7,15,17-18,21,23,26,31H,2-5,8-14,16,19H2,1H3,(H,34,37)/t23-,26-/m0/s1. The summed E-state index contributed by atoms with van der Waals surface area (Å²) < 4.78 is 6.01. The minimum Gasteiger partial charge on any atom is -0.494 e. The fourth-order valence-electron chi connectivity index (χ4n) is 5.89. The van der Waals surface area contributed by atoms with Crippen LogP contribution in [0.25, 0.3) is 0 Å². The van der Waals surface area contributed by atoms with E-state index in [2.05, 4.69) is 25.5 Å². The molecule has 10 heteroatoms. The van der Waals surface area contributed by atoms with Crippen LogP contribution in [-0.4, -0.2) is 78.1 Å². The molecule has 1 aromatic carbocycles. The normalized spacial score (nSPS) is 21.8. The van der Waals surface area contributed by atoms with Crippen molar-refractivity contribution in [1.29, 1.82) is 0 Å². The van der Waals surface area contributed by atoms with E-state index in [4.69, 9.17) is 16.3 Å². The molecule has 3 aliphatic rings. The van der Waals surface area contributed by atoms with E-state index in [0.29, 0.717) is 36.1 Å². The molecular weight excluding hydrogens is 516 g/mol. The Morgan fingerprint density at radius 1 is 1.13 bits per heavy atom. The van der Waals surface area contributed by atoms with Gasteiger partial charge in [-0.3, -0.25) is 9.59 Å². The van der Waals surface area contributed by atoms with Gasteiger partial charge in [-0.1, -0.05) is 11.6 Å². The lowest BCUT2D eigenvalue weighted by Gasteiger charge is -2.31. The van der Waals surface area contributed by atoms with Gasteiger partial charge >= 0.3 is 0 Å². The molecule has 39 heavy (non-hydrogen) atoms. The molecule has 2 amide bonds. The van der Waals surface area contributed by atoms with Gasteiger partial charge in [0.15, 0.2) is 0 Å². The zero-order chi connectivity index (χ0) is 27.2. The Morgan fingerprint density at radius 3 is 2.59 bits per heavy atom. The van der Waals surface area contributed by atoms with Crippen LogP contribution < -0.4 is 20.3 Å². The Kier molecular flexibility index (Phi) is 9.19. The number of nitrogens with zero attached hydrogens (tertiary/aromatic N) is 4. The highest BCUT2D eigenvalue weighted by Gasteiger charge is 2.34. The first kappa shape index (κ1) is 27.6. The smallest absolute Gasteiger partial charge is 0.251 e. The SMILES string of the molecule is Cc1cc(OCCCC2CCN(c3ncc(Cl)cn3)CC2)ccc1C(=O)N[C@@H]1CN[C@H](C(=O)N2CCCC2)C1. The summed E-state index contributed by atoms with van der Waals surface area (Å²) in [6.07, 6.45) is 10.5. The molecule has 4 heterocycles. The number of hydrogen-bond acceptors (Lipinski definition) is 7. The summed E-state index contributed by atoms with van der Waals surface area (Å²) in [6.45, 7) is 6.83. The van der Waals surface area contributed by atoms with Gasteiger partial charge < -0.3 is 25.2 Å². The number of aryl methyl sites for hydroxylation is 1. The fraction of sp³-hybridized carbons (Fsp3) is 0.586. The summed E-state index contributed by atoms with van der Waals surface area (Å²) in [5.74, 6) is 2.29. The largest absolute Gasteiger partial charge is 0.494 e. The van der Waals surface area contributed by atoms with E-state index >= 15 is 0 Å². The van der Waals surface area contributed by atoms with Crippen molar-refractivity contribution in [2.24, 2.45) is 5.92 Å². The predicted octanol–water partition coefficient (Wildman–Crippen LogP) is 3.60. The van der Waals surface area contributed by atoms with Crippen molar-refractivity contribution >= 4 is 29.4 Å². The summed E-state index contributed by atoms with van der Waals surface area (Å²) in [5.41, 5.74) is 1.53. The van der Waals surface area contributed by atoms with Crippen molar-refractivity contribution in [3.05, 3.63) is 46.7 Å². The van der Waals surface area contributed by atoms with Crippen LogP contribution >= 0.6 is 11.6 Å². The monoisotopic (exact) mass is 554 g/mol. The lowest BCUT2D eigenvalue weighted by atomic mass is 9.92. The Balaban J connectivity index is 1.01. The molecule has 210 valence electrons. The third kappa shape index (κ3) is 7.19. The number of carbonyl (C=O) groups excluding carboxylic acids is 2. The van der Waals surface area contributed by atoms with Crippen molar-refractivity contribution in [2.45, 2.75) is 64.0 Å². The molecule has 2 atom stereocenters. The maximum atomic E-state index is 12.9. The van der Waals surface area contributed by atoms with E-state index in [1.165, 1.54) is 0 Å². The van der Waals surface area contributed by atoms with Crippen LogP contribution in [0.4, 0.5) is 5.95 Å². The molecule has 0 aliphatic carbocycles. The Bertz CT molecular complexity index is 1130. The molecule has 5 rings (SSSR count). The number of rotatable bonds is 9. The molecule has 3 aliphatic heterocycles. The zero-order valence-electron chi connectivity index (χ0n) is 22.7. The summed E-state index contributed by atoms with van der Waals surface area (Å²) in [4.78, 5) is 38.4. The first-order valence-electron chi connectivity index (χ1n) is 14.3. The Labute approximate surface area is 235 Å². The van der Waals surface area contributed by atoms with Gasteiger partial charge in [-0.25, -0.2) is 9.97 Å². The van der Waals surface area contributed by atoms with Gasteiger partial charge in [0.05, 0.1) is 30.1 Å². The molecule has 0 bridgehead atoms. The average Bonchev–Trinajstić information content (AvgIpc) is 3.65. The van der Waals surface area contributed by atoms with Crippen LogP contribution in [0, 0.1) is 12.8 Å². The number of amides is 2. The van der Waals surface area contributed by atoms with Crippen molar-refractivity contribution in [3.8, 4) is 5.75 Å². The van der Waals surface area contributed by atoms with Crippen LogP contribution in [-0.2, 0) is 4.79 Å². The number of carbonyl (C=O) groups is 2. The minimum absolute atomic E-state index is 0.0463. The highest BCUT2D eigenvalue weighted by Crippen LogP contribution is 2.25. The Morgan fingerprint density at radius 2 is 1.87 bits per heavy atom. The topological polar surface area (TPSA) is 99.7 Å². The van der Waals surface area contributed by atoms with E-state index in [1.54, 1.807) is 12.4 Å². The van der Waals surface area contributed by atoms with Crippen molar-refractivity contribution in [3.63, 3.8) is 0 Å². The number of halogens is 1. The summed E-state index contributed by atoms with van der Waals surface area (Å²) in [5, 5.41) is 6.95. The van der Waals surface area contributed by atoms with Crippen LogP contribution in [0.5, 0.6) is 5.75 Å². The lowest BCUT2D eigenvalue weighted by molar-refractivity contribution is -0.132. The number of likely N-dealkylation sites (tertiary alicyclic amines) is 1. The van der Waals surface area contributed by atoms with Crippen LogP contribution in [0.1, 0.15) is 60.9 Å². The number of anilines is 1. The van der Waals surface area contributed by atoms with Crippen LogP contribution in [0.15, 0.2) is 30.6 Å². The minimum atomic E-state index is -0.199.